The summed E-state index contributed by atoms with van der Waals surface area (Å²) >= 11 is 1.33. The third-order valence-electron chi connectivity index (χ3n) is 4.44. The smallest absolute Gasteiger partial charge is 0.270 e. The minimum atomic E-state index is -0.522. The number of nitro benzene ring substituents is 1. The number of fused-ring (bicyclic) bond motifs is 1. The Morgan fingerprint density at radius 1 is 1.15 bits per heavy atom. The molecule has 3 aromatic rings. The van der Waals surface area contributed by atoms with E-state index in [-0.39, 0.29) is 11.3 Å². The molecule has 130 valence electrons. The van der Waals surface area contributed by atoms with Crippen LogP contribution in [0.25, 0.3) is 11.3 Å². The van der Waals surface area contributed by atoms with Gasteiger partial charge in [-0.2, -0.15) is 0 Å². The van der Waals surface area contributed by atoms with E-state index >= 15 is 0 Å². The van der Waals surface area contributed by atoms with Crippen molar-refractivity contribution in [3.05, 3.63) is 74.6 Å². The van der Waals surface area contributed by atoms with Gasteiger partial charge in [-0.05, 0) is 42.5 Å². The molecule has 6 nitrogen and oxygen atoms in total. The normalized spacial score (nSPS) is 12.6. The van der Waals surface area contributed by atoms with E-state index in [2.05, 4.69) is 28.5 Å². The Balaban J connectivity index is 1.52. The van der Waals surface area contributed by atoms with Crippen LogP contribution in [-0.2, 0) is 12.8 Å². The van der Waals surface area contributed by atoms with Crippen LogP contribution in [-0.4, -0.2) is 15.8 Å². The van der Waals surface area contributed by atoms with Gasteiger partial charge in [0.15, 0.2) is 5.13 Å². The standard InChI is InChI=1S/C19H15N3O3S/c23-18(15-5-2-6-16(10-15)22(24)25)21-19-20-17(11-26-19)14-8-7-12-3-1-4-13(12)9-14/h2,5-11H,1,3-4H2,(H,20,21,23). The first-order valence-electron chi connectivity index (χ1n) is 8.24. The lowest BCUT2D eigenvalue weighted by Gasteiger charge is -2.03. The molecule has 2 aromatic carbocycles. The van der Waals surface area contributed by atoms with E-state index in [4.69, 9.17) is 0 Å². The second-order valence-corrected chi connectivity index (χ2v) is 6.99. The largest absolute Gasteiger partial charge is 0.298 e. The average molecular weight is 365 g/mol. The number of thiazole rings is 1. The number of nitrogens with one attached hydrogen (secondary N) is 1. The van der Waals surface area contributed by atoms with Gasteiger partial charge in [-0.1, -0.05) is 18.2 Å². The van der Waals surface area contributed by atoms with Crippen LogP contribution < -0.4 is 5.32 Å². The number of nitrogens with zero attached hydrogens (tertiary/aromatic N) is 2. The Kier molecular flexibility index (Phi) is 4.22. The second kappa shape index (κ2) is 6.68. The Bertz CT molecular complexity index is 1010. The summed E-state index contributed by atoms with van der Waals surface area (Å²) in [6.45, 7) is 0. The number of non-ortho nitro benzene ring substituents is 1. The van der Waals surface area contributed by atoms with E-state index in [9.17, 15) is 14.9 Å². The summed E-state index contributed by atoms with van der Waals surface area (Å²) in [5, 5.41) is 15.9. The van der Waals surface area contributed by atoms with Gasteiger partial charge in [0, 0.05) is 28.6 Å². The topological polar surface area (TPSA) is 85.1 Å². The molecule has 0 fully saturated rings. The highest BCUT2D eigenvalue weighted by molar-refractivity contribution is 7.14. The van der Waals surface area contributed by atoms with Crippen LogP contribution in [0, 0.1) is 10.1 Å². The molecule has 1 amide bonds. The summed E-state index contributed by atoms with van der Waals surface area (Å²) in [6, 6.07) is 12.0. The summed E-state index contributed by atoms with van der Waals surface area (Å²) in [5.41, 5.74) is 4.75. The molecule has 0 atom stereocenters. The van der Waals surface area contributed by atoms with Crippen LogP contribution in [0.4, 0.5) is 10.8 Å². The van der Waals surface area contributed by atoms with E-state index in [1.165, 1.54) is 53.1 Å². The zero-order chi connectivity index (χ0) is 18.1. The number of anilines is 1. The molecule has 4 rings (SSSR count). The van der Waals surface area contributed by atoms with Gasteiger partial charge in [-0.3, -0.25) is 20.2 Å². The zero-order valence-corrected chi connectivity index (χ0v) is 14.6. The molecule has 0 saturated heterocycles. The van der Waals surface area contributed by atoms with E-state index < -0.39 is 10.8 Å². The molecule has 26 heavy (non-hydrogen) atoms. The van der Waals surface area contributed by atoms with Crippen molar-refractivity contribution in [2.75, 3.05) is 5.32 Å². The Labute approximate surface area is 153 Å². The van der Waals surface area contributed by atoms with Crippen molar-refractivity contribution in [2.45, 2.75) is 19.3 Å². The molecular formula is C19H15N3O3S. The number of carbonyl (C=O) groups is 1. The van der Waals surface area contributed by atoms with Crippen molar-refractivity contribution >= 4 is 28.1 Å². The molecule has 0 saturated carbocycles. The van der Waals surface area contributed by atoms with Gasteiger partial charge in [0.1, 0.15) is 0 Å². The lowest BCUT2D eigenvalue weighted by Crippen LogP contribution is -2.11. The van der Waals surface area contributed by atoms with Gasteiger partial charge in [0.05, 0.1) is 10.6 Å². The van der Waals surface area contributed by atoms with Crippen molar-refractivity contribution in [1.82, 2.24) is 4.98 Å². The minimum absolute atomic E-state index is 0.115. The number of hydrogen-bond acceptors (Lipinski definition) is 5. The molecule has 0 unspecified atom stereocenters. The highest BCUT2D eigenvalue weighted by Crippen LogP contribution is 2.30. The molecule has 0 radical (unpaired) electrons. The molecular weight excluding hydrogens is 350 g/mol. The number of rotatable bonds is 4. The van der Waals surface area contributed by atoms with Gasteiger partial charge >= 0.3 is 0 Å². The first-order chi connectivity index (χ1) is 12.6. The first-order valence-corrected chi connectivity index (χ1v) is 9.11. The van der Waals surface area contributed by atoms with E-state index in [1.54, 1.807) is 0 Å². The minimum Gasteiger partial charge on any atom is -0.298 e. The van der Waals surface area contributed by atoms with Crippen molar-refractivity contribution < 1.29 is 9.72 Å². The molecule has 0 spiro atoms. The fourth-order valence-corrected chi connectivity index (χ4v) is 3.84. The lowest BCUT2D eigenvalue weighted by molar-refractivity contribution is -0.384. The van der Waals surface area contributed by atoms with E-state index in [0.717, 1.165) is 24.1 Å². The molecule has 1 heterocycles. The van der Waals surface area contributed by atoms with Gasteiger partial charge in [0.25, 0.3) is 11.6 Å². The number of amides is 1. The molecule has 7 heteroatoms. The average Bonchev–Trinajstić information content (AvgIpc) is 3.30. The first kappa shape index (κ1) is 16.4. The maximum atomic E-state index is 12.3. The van der Waals surface area contributed by atoms with Crippen LogP contribution in [0.2, 0.25) is 0 Å². The highest BCUT2D eigenvalue weighted by Gasteiger charge is 2.15. The summed E-state index contributed by atoms with van der Waals surface area (Å²) in [4.78, 5) is 27.1. The molecule has 0 bridgehead atoms. The van der Waals surface area contributed by atoms with Crippen LogP contribution in [0.5, 0.6) is 0 Å². The number of nitro groups is 1. The maximum absolute atomic E-state index is 12.3. The number of benzene rings is 2. The molecule has 0 aliphatic heterocycles. The summed E-state index contributed by atoms with van der Waals surface area (Å²) in [5.74, 6) is -0.413. The fraction of sp³-hybridized carbons (Fsp3) is 0.158. The third-order valence-corrected chi connectivity index (χ3v) is 5.20. The van der Waals surface area contributed by atoms with Crippen molar-refractivity contribution in [1.29, 1.82) is 0 Å². The van der Waals surface area contributed by atoms with Crippen LogP contribution in [0.1, 0.15) is 27.9 Å². The van der Waals surface area contributed by atoms with Crippen LogP contribution in [0.15, 0.2) is 47.8 Å². The Morgan fingerprint density at radius 2 is 2.00 bits per heavy atom. The number of aryl methyl sites for hydroxylation is 2. The predicted molar refractivity (Wildman–Crippen MR) is 101 cm³/mol. The van der Waals surface area contributed by atoms with Crippen molar-refractivity contribution in [3.63, 3.8) is 0 Å². The maximum Gasteiger partial charge on any atom is 0.270 e. The molecule has 1 aromatic heterocycles. The quantitative estimate of drug-likeness (QED) is 0.546. The fourth-order valence-electron chi connectivity index (χ4n) is 3.12. The molecule has 1 N–H and O–H groups in total. The monoisotopic (exact) mass is 365 g/mol. The third kappa shape index (κ3) is 3.21. The highest BCUT2D eigenvalue weighted by atomic mass is 32.1. The van der Waals surface area contributed by atoms with Gasteiger partial charge < -0.3 is 0 Å². The summed E-state index contributed by atoms with van der Waals surface area (Å²) in [6.07, 6.45) is 3.43. The number of aromatic nitrogens is 1. The Hall–Kier alpha value is -3.06. The number of hydrogen-bond donors (Lipinski definition) is 1. The predicted octanol–water partition coefficient (Wildman–Crippen LogP) is 4.46. The molecule has 1 aliphatic rings. The van der Waals surface area contributed by atoms with Crippen LogP contribution in [0.3, 0.4) is 0 Å². The lowest BCUT2D eigenvalue weighted by atomic mass is 10.1. The van der Waals surface area contributed by atoms with Gasteiger partial charge in [-0.25, -0.2) is 4.98 Å². The SMILES string of the molecule is O=C(Nc1nc(-c2ccc3c(c2)CCC3)cs1)c1cccc([N+](=O)[O-])c1. The van der Waals surface area contributed by atoms with Gasteiger partial charge in [-0.15, -0.1) is 11.3 Å². The van der Waals surface area contributed by atoms with Crippen LogP contribution >= 0.6 is 11.3 Å². The van der Waals surface area contributed by atoms with Gasteiger partial charge in [0.2, 0.25) is 0 Å². The van der Waals surface area contributed by atoms with E-state index in [0.29, 0.717) is 5.13 Å². The summed E-state index contributed by atoms with van der Waals surface area (Å²) in [7, 11) is 0. The molecule has 1 aliphatic carbocycles. The van der Waals surface area contributed by atoms with Crippen molar-refractivity contribution in [3.8, 4) is 11.3 Å². The van der Waals surface area contributed by atoms with Crippen molar-refractivity contribution in [2.24, 2.45) is 0 Å². The summed E-state index contributed by atoms with van der Waals surface area (Å²) < 4.78 is 0. The van der Waals surface area contributed by atoms with E-state index in [1.807, 2.05) is 5.38 Å². The zero-order valence-electron chi connectivity index (χ0n) is 13.8. The Morgan fingerprint density at radius 3 is 2.85 bits per heavy atom. The second-order valence-electron chi connectivity index (χ2n) is 6.14. The number of carbonyl (C=O) groups excluding carboxylic acids is 1.